The van der Waals surface area contributed by atoms with Gasteiger partial charge in [-0.1, -0.05) is 265 Å². The molecule has 0 fully saturated rings. The molecule has 0 N–H and O–H groups in total. The highest BCUT2D eigenvalue weighted by molar-refractivity contribution is 5.71. The monoisotopic (exact) mass is 835 g/mol. The molecule has 0 saturated heterocycles. The molecular weight excluding hydrogens is 733 g/mol. The molecule has 0 unspecified atom stereocenters. The summed E-state index contributed by atoms with van der Waals surface area (Å²) in [6.07, 6.45) is 52.7. The lowest BCUT2D eigenvalue weighted by Crippen LogP contribution is -2.30. The fraction of sp³-hybridized carbons (Fsp3) is 0.943. The van der Waals surface area contributed by atoms with Crippen LogP contribution in [0.15, 0.2) is 0 Å². The van der Waals surface area contributed by atoms with Gasteiger partial charge >= 0.3 is 17.9 Å². The first-order valence-corrected chi connectivity index (χ1v) is 26.5. The average molecular weight is 835 g/mol. The summed E-state index contributed by atoms with van der Waals surface area (Å²) in [7, 11) is 0. The van der Waals surface area contributed by atoms with E-state index in [1.807, 2.05) is 0 Å². The van der Waals surface area contributed by atoms with Gasteiger partial charge in [0.05, 0.1) is 0 Å². The molecule has 0 rings (SSSR count). The highest BCUT2D eigenvalue weighted by Crippen LogP contribution is 2.17. The summed E-state index contributed by atoms with van der Waals surface area (Å²) in [6.45, 7) is 6.61. The van der Waals surface area contributed by atoms with Crippen LogP contribution in [0.2, 0.25) is 0 Å². The van der Waals surface area contributed by atoms with Gasteiger partial charge in [-0.25, -0.2) is 0 Å². The Hall–Kier alpha value is -1.59. The van der Waals surface area contributed by atoms with Crippen molar-refractivity contribution in [2.75, 3.05) is 13.2 Å². The van der Waals surface area contributed by atoms with Crippen LogP contribution in [0.4, 0.5) is 0 Å². The van der Waals surface area contributed by atoms with Gasteiger partial charge in [0.25, 0.3) is 0 Å². The molecule has 350 valence electrons. The van der Waals surface area contributed by atoms with Crippen molar-refractivity contribution >= 4 is 17.9 Å². The van der Waals surface area contributed by atoms with Gasteiger partial charge in [-0.05, 0) is 19.3 Å². The Bertz CT molecular complexity index is 874. The molecule has 0 aromatic carbocycles. The Balaban J connectivity index is 4.02. The summed E-state index contributed by atoms with van der Waals surface area (Å²) in [5, 5.41) is 0. The van der Waals surface area contributed by atoms with Crippen molar-refractivity contribution in [2.24, 2.45) is 0 Å². The van der Waals surface area contributed by atoms with Crippen LogP contribution >= 0.6 is 0 Å². The quantitative estimate of drug-likeness (QED) is 0.0345. The summed E-state index contributed by atoms with van der Waals surface area (Å²) in [5.41, 5.74) is 0. The van der Waals surface area contributed by atoms with Crippen LogP contribution < -0.4 is 0 Å². The van der Waals surface area contributed by atoms with Crippen LogP contribution in [-0.4, -0.2) is 37.2 Å². The zero-order valence-electron chi connectivity index (χ0n) is 40.1. The average Bonchev–Trinajstić information content (AvgIpc) is 3.23. The van der Waals surface area contributed by atoms with Crippen LogP contribution in [0.5, 0.6) is 0 Å². The van der Waals surface area contributed by atoms with E-state index in [2.05, 4.69) is 20.8 Å². The minimum absolute atomic E-state index is 0.0636. The Kier molecular flexibility index (Phi) is 47.7. The van der Waals surface area contributed by atoms with E-state index in [-0.39, 0.29) is 31.1 Å². The van der Waals surface area contributed by atoms with Crippen molar-refractivity contribution in [2.45, 2.75) is 309 Å². The van der Waals surface area contributed by atoms with E-state index in [4.69, 9.17) is 14.2 Å². The summed E-state index contributed by atoms with van der Waals surface area (Å²) >= 11 is 0. The molecule has 0 radical (unpaired) electrons. The van der Waals surface area contributed by atoms with Crippen molar-refractivity contribution in [3.63, 3.8) is 0 Å². The van der Waals surface area contributed by atoms with E-state index in [1.165, 1.54) is 199 Å². The molecule has 0 bridgehead atoms. The molecule has 0 aliphatic heterocycles. The first-order chi connectivity index (χ1) is 29.0. The van der Waals surface area contributed by atoms with Crippen LogP contribution in [0.1, 0.15) is 303 Å². The third-order valence-electron chi connectivity index (χ3n) is 12.1. The minimum atomic E-state index is -0.758. The number of carbonyl (C=O) groups excluding carboxylic acids is 3. The molecule has 6 heteroatoms. The number of hydrogen-bond donors (Lipinski definition) is 0. The molecule has 0 spiro atoms. The third kappa shape index (κ3) is 47.3. The van der Waals surface area contributed by atoms with Crippen molar-refractivity contribution in [3.05, 3.63) is 0 Å². The molecular formula is C53H102O6. The molecule has 0 heterocycles. The highest BCUT2D eigenvalue weighted by atomic mass is 16.6. The van der Waals surface area contributed by atoms with Crippen LogP contribution in [-0.2, 0) is 28.6 Å². The summed E-state index contributed by atoms with van der Waals surface area (Å²) in [4.78, 5) is 37.6. The van der Waals surface area contributed by atoms with Crippen molar-refractivity contribution in [3.8, 4) is 0 Å². The SMILES string of the molecule is CCCCCCCCCCCCCCCCCCCCCC(=O)OC[C@@H](COC(=O)CCCCCCCCCCCCCCCCCCC)OC(=O)CCCCCCC. The van der Waals surface area contributed by atoms with E-state index in [9.17, 15) is 14.4 Å². The lowest BCUT2D eigenvalue weighted by atomic mass is 10.0. The standard InChI is InChI=1S/C53H102O6/c1-4-7-10-13-15-17-19-21-23-25-26-28-30-32-34-36-38-41-43-46-52(55)58-49-50(59-53(56)47-44-39-12-9-6-3)48-57-51(54)45-42-40-37-35-33-31-29-27-24-22-20-18-16-14-11-8-5-2/h50H,4-49H2,1-3H3/t50-/m1/s1. The molecule has 6 nitrogen and oxygen atoms in total. The third-order valence-corrected chi connectivity index (χ3v) is 12.1. The molecule has 0 aromatic heterocycles. The molecule has 0 aliphatic rings. The molecule has 0 aromatic rings. The van der Waals surface area contributed by atoms with Crippen LogP contribution in [0.3, 0.4) is 0 Å². The van der Waals surface area contributed by atoms with E-state index in [0.29, 0.717) is 19.3 Å². The molecule has 59 heavy (non-hydrogen) atoms. The largest absolute Gasteiger partial charge is 0.462 e. The summed E-state index contributed by atoms with van der Waals surface area (Å²) in [6, 6.07) is 0. The highest BCUT2D eigenvalue weighted by Gasteiger charge is 2.19. The summed E-state index contributed by atoms with van der Waals surface area (Å²) < 4.78 is 16.7. The number of hydrogen-bond acceptors (Lipinski definition) is 6. The van der Waals surface area contributed by atoms with Gasteiger partial charge in [0, 0.05) is 19.3 Å². The van der Waals surface area contributed by atoms with Crippen LogP contribution in [0, 0.1) is 0 Å². The zero-order chi connectivity index (χ0) is 43.0. The second-order valence-corrected chi connectivity index (χ2v) is 18.2. The van der Waals surface area contributed by atoms with E-state index in [1.54, 1.807) is 0 Å². The van der Waals surface area contributed by atoms with Crippen molar-refractivity contribution < 1.29 is 28.6 Å². The topological polar surface area (TPSA) is 78.9 Å². The van der Waals surface area contributed by atoms with Crippen LogP contribution in [0.25, 0.3) is 0 Å². The fourth-order valence-corrected chi connectivity index (χ4v) is 8.09. The normalized spacial score (nSPS) is 11.8. The van der Waals surface area contributed by atoms with E-state index < -0.39 is 6.10 Å². The predicted octanol–water partition coefficient (Wildman–Crippen LogP) is 17.2. The molecule has 0 aliphatic carbocycles. The Labute approximate surface area is 368 Å². The maximum Gasteiger partial charge on any atom is 0.306 e. The Morgan fingerprint density at radius 2 is 0.458 bits per heavy atom. The first kappa shape index (κ1) is 57.4. The number of rotatable bonds is 49. The maximum atomic E-state index is 12.6. The van der Waals surface area contributed by atoms with Crippen molar-refractivity contribution in [1.82, 2.24) is 0 Å². The van der Waals surface area contributed by atoms with Gasteiger partial charge in [-0.2, -0.15) is 0 Å². The second-order valence-electron chi connectivity index (χ2n) is 18.2. The first-order valence-electron chi connectivity index (χ1n) is 26.5. The number of carbonyl (C=O) groups is 3. The van der Waals surface area contributed by atoms with Gasteiger partial charge in [-0.3, -0.25) is 14.4 Å². The van der Waals surface area contributed by atoms with E-state index >= 15 is 0 Å². The molecule has 0 amide bonds. The smallest absolute Gasteiger partial charge is 0.306 e. The fourth-order valence-electron chi connectivity index (χ4n) is 8.09. The Morgan fingerprint density at radius 1 is 0.271 bits per heavy atom. The number of ether oxygens (including phenoxy) is 3. The zero-order valence-corrected chi connectivity index (χ0v) is 40.1. The van der Waals surface area contributed by atoms with Crippen molar-refractivity contribution in [1.29, 1.82) is 0 Å². The van der Waals surface area contributed by atoms with E-state index in [0.717, 1.165) is 64.2 Å². The van der Waals surface area contributed by atoms with Gasteiger partial charge in [-0.15, -0.1) is 0 Å². The number of esters is 3. The molecule has 1 atom stereocenters. The van der Waals surface area contributed by atoms with Gasteiger partial charge in [0.2, 0.25) is 0 Å². The summed E-state index contributed by atoms with van der Waals surface area (Å²) in [5.74, 6) is -0.857. The number of unbranched alkanes of at least 4 members (excludes halogenated alkanes) is 38. The van der Waals surface area contributed by atoms with Gasteiger partial charge in [0.15, 0.2) is 6.10 Å². The Morgan fingerprint density at radius 3 is 0.678 bits per heavy atom. The minimum Gasteiger partial charge on any atom is -0.462 e. The van der Waals surface area contributed by atoms with Gasteiger partial charge in [0.1, 0.15) is 13.2 Å². The second kappa shape index (κ2) is 49.1. The molecule has 0 saturated carbocycles. The lowest BCUT2D eigenvalue weighted by Gasteiger charge is -2.18. The maximum absolute atomic E-state index is 12.6. The van der Waals surface area contributed by atoms with Gasteiger partial charge < -0.3 is 14.2 Å². The predicted molar refractivity (Wildman–Crippen MR) is 252 cm³/mol. The lowest BCUT2D eigenvalue weighted by molar-refractivity contribution is -0.167.